The Morgan fingerprint density at radius 1 is 1.08 bits per heavy atom. The molecular formula is C20H26N2OS2. The minimum absolute atomic E-state index is 0.174. The van der Waals surface area contributed by atoms with Crippen LogP contribution in [-0.2, 0) is 4.79 Å². The normalized spacial score (nSPS) is 16.9. The van der Waals surface area contributed by atoms with Crippen LogP contribution in [0.3, 0.4) is 0 Å². The Hall–Kier alpha value is -1.33. The monoisotopic (exact) mass is 374 g/mol. The largest absolute Gasteiger partial charge is 0.383 e. The van der Waals surface area contributed by atoms with Crippen LogP contribution in [0.15, 0.2) is 42.5 Å². The number of amides is 1. The SMILES string of the molecule is O=C(CCCCC1CCSS1)NCCNc1cccc2ccccc12. The molecule has 0 aliphatic carbocycles. The van der Waals surface area contributed by atoms with Gasteiger partial charge in [0.15, 0.2) is 0 Å². The number of carbonyl (C=O) groups is 1. The predicted octanol–water partition coefficient (Wildman–Crippen LogP) is 5.08. The Morgan fingerprint density at radius 3 is 2.84 bits per heavy atom. The van der Waals surface area contributed by atoms with E-state index in [1.54, 1.807) is 0 Å². The highest BCUT2D eigenvalue weighted by atomic mass is 33.1. The summed E-state index contributed by atoms with van der Waals surface area (Å²) in [4.78, 5) is 11.9. The summed E-state index contributed by atoms with van der Waals surface area (Å²) in [6.45, 7) is 1.41. The summed E-state index contributed by atoms with van der Waals surface area (Å²) >= 11 is 0. The van der Waals surface area contributed by atoms with Gasteiger partial charge in [-0.3, -0.25) is 4.79 Å². The molecule has 2 aromatic rings. The molecule has 1 unspecified atom stereocenters. The van der Waals surface area contributed by atoms with Crippen molar-refractivity contribution >= 4 is 44.0 Å². The van der Waals surface area contributed by atoms with Crippen LogP contribution >= 0.6 is 21.6 Å². The summed E-state index contributed by atoms with van der Waals surface area (Å²) in [7, 11) is 4.01. The van der Waals surface area contributed by atoms with Gasteiger partial charge >= 0.3 is 0 Å². The second kappa shape index (κ2) is 9.97. The zero-order valence-corrected chi connectivity index (χ0v) is 16.1. The molecule has 0 spiro atoms. The molecule has 1 aliphatic rings. The molecule has 1 saturated heterocycles. The molecule has 5 heteroatoms. The zero-order chi connectivity index (χ0) is 17.3. The Bertz CT molecular complexity index is 681. The van der Waals surface area contributed by atoms with Crippen molar-refractivity contribution in [3.8, 4) is 0 Å². The Kier molecular flexibility index (Phi) is 7.37. The van der Waals surface area contributed by atoms with Gasteiger partial charge < -0.3 is 10.6 Å². The molecule has 2 aromatic carbocycles. The average molecular weight is 375 g/mol. The van der Waals surface area contributed by atoms with Crippen LogP contribution in [0.1, 0.15) is 32.1 Å². The minimum Gasteiger partial charge on any atom is -0.383 e. The lowest BCUT2D eigenvalue weighted by Gasteiger charge is -2.11. The van der Waals surface area contributed by atoms with Crippen molar-refractivity contribution in [2.45, 2.75) is 37.4 Å². The van der Waals surface area contributed by atoms with Crippen molar-refractivity contribution in [3.05, 3.63) is 42.5 Å². The summed E-state index contributed by atoms with van der Waals surface area (Å²) in [5.41, 5.74) is 1.12. The summed E-state index contributed by atoms with van der Waals surface area (Å²) < 4.78 is 0. The van der Waals surface area contributed by atoms with E-state index in [9.17, 15) is 4.79 Å². The third-order valence-electron chi connectivity index (χ3n) is 4.46. The number of carbonyl (C=O) groups excluding carboxylic acids is 1. The lowest BCUT2D eigenvalue weighted by molar-refractivity contribution is -0.121. The van der Waals surface area contributed by atoms with Gasteiger partial charge in [-0.25, -0.2) is 0 Å². The van der Waals surface area contributed by atoms with Gasteiger partial charge in [0.1, 0.15) is 0 Å². The molecule has 1 heterocycles. The molecule has 134 valence electrons. The van der Waals surface area contributed by atoms with E-state index >= 15 is 0 Å². The number of rotatable bonds is 9. The van der Waals surface area contributed by atoms with Crippen LogP contribution in [0.4, 0.5) is 5.69 Å². The standard InChI is InChI=1S/C20H26N2OS2/c23-20(11-4-2-8-17-12-15-24-25-17)22-14-13-21-19-10-5-7-16-6-1-3-9-18(16)19/h1,3,5-7,9-10,17,21H,2,4,8,11-15H2,(H,22,23). The second-order valence-corrected chi connectivity index (χ2v) is 9.17. The van der Waals surface area contributed by atoms with Crippen LogP contribution in [0.2, 0.25) is 0 Å². The molecule has 25 heavy (non-hydrogen) atoms. The first-order valence-corrected chi connectivity index (χ1v) is 11.5. The quantitative estimate of drug-likeness (QED) is 0.474. The van der Waals surface area contributed by atoms with Crippen molar-refractivity contribution in [1.82, 2.24) is 5.32 Å². The summed E-state index contributed by atoms with van der Waals surface area (Å²) in [5.74, 6) is 1.47. The summed E-state index contributed by atoms with van der Waals surface area (Å²) in [6, 6.07) is 14.6. The van der Waals surface area contributed by atoms with Gasteiger partial charge in [-0.05, 0) is 30.7 Å². The second-order valence-electron chi connectivity index (χ2n) is 6.38. The lowest BCUT2D eigenvalue weighted by Crippen LogP contribution is -2.28. The van der Waals surface area contributed by atoms with E-state index in [1.165, 1.54) is 35.8 Å². The van der Waals surface area contributed by atoms with Crippen molar-refractivity contribution in [1.29, 1.82) is 0 Å². The molecule has 2 N–H and O–H groups in total. The Morgan fingerprint density at radius 2 is 1.96 bits per heavy atom. The topological polar surface area (TPSA) is 41.1 Å². The molecule has 1 fully saturated rings. The third-order valence-corrected chi connectivity index (χ3v) is 7.47. The molecule has 1 aliphatic heterocycles. The van der Waals surface area contributed by atoms with E-state index in [4.69, 9.17) is 0 Å². The number of anilines is 1. The van der Waals surface area contributed by atoms with Gasteiger partial charge in [0.05, 0.1) is 0 Å². The number of nitrogens with one attached hydrogen (secondary N) is 2. The van der Waals surface area contributed by atoms with E-state index in [0.717, 1.165) is 23.9 Å². The first-order chi connectivity index (χ1) is 12.3. The maximum atomic E-state index is 11.9. The first kappa shape index (κ1) is 18.5. The number of hydrogen-bond donors (Lipinski definition) is 2. The molecule has 3 nitrogen and oxygen atoms in total. The Balaban J connectivity index is 1.30. The fraction of sp³-hybridized carbons (Fsp3) is 0.450. The summed E-state index contributed by atoms with van der Waals surface area (Å²) in [5, 5.41) is 9.72. The van der Waals surface area contributed by atoms with E-state index in [0.29, 0.717) is 13.0 Å². The third kappa shape index (κ3) is 5.86. The predicted molar refractivity (Wildman–Crippen MR) is 112 cm³/mol. The highest BCUT2D eigenvalue weighted by Gasteiger charge is 2.15. The van der Waals surface area contributed by atoms with Crippen molar-refractivity contribution in [2.75, 3.05) is 24.2 Å². The van der Waals surface area contributed by atoms with Crippen LogP contribution in [0.25, 0.3) is 10.8 Å². The molecule has 3 rings (SSSR count). The number of benzene rings is 2. The van der Waals surface area contributed by atoms with E-state index < -0.39 is 0 Å². The van der Waals surface area contributed by atoms with Gasteiger partial charge in [-0.1, -0.05) is 64.4 Å². The molecule has 0 bridgehead atoms. The average Bonchev–Trinajstić information content (AvgIpc) is 3.16. The van der Waals surface area contributed by atoms with Crippen molar-refractivity contribution < 1.29 is 4.79 Å². The van der Waals surface area contributed by atoms with Crippen LogP contribution in [0.5, 0.6) is 0 Å². The molecular weight excluding hydrogens is 348 g/mol. The van der Waals surface area contributed by atoms with Crippen molar-refractivity contribution in [2.24, 2.45) is 0 Å². The fourth-order valence-corrected chi connectivity index (χ4v) is 6.12. The highest BCUT2D eigenvalue weighted by Crippen LogP contribution is 2.39. The van der Waals surface area contributed by atoms with E-state index in [2.05, 4.69) is 53.1 Å². The van der Waals surface area contributed by atoms with Gasteiger partial charge in [0, 0.05) is 41.6 Å². The van der Waals surface area contributed by atoms with Crippen molar-refractivity contribution in [3.63, 3.8) is 0 Å². The number of fused-ring (bicyclic) bond motifs is 1. The smallest absolute Gasteiger partial charge is 0.220 e. The number of hydrogen-bond acceptors (Lipinski definition) is 4. The molecule has 0 radical (unpaired) electrons. The molecule has 0 aromatic heterocycles. The maximum Gasteiger partial charge on any atom is 0.220 e. The number of unbranched alkanes of at least 4 members (excludes halogenated alkanes) is 1. The minimum atomic E-state index is 0.174. The first-order valence-electron chi connectivity index (χ1n) is 9.09. The summed E-state index contributed by atoms with van der Waals surface area (Å²) in [6.07, 6.45) is 5.41. The fourth-order valence-electron chi connectivity index (χ4n) is 3.09. The molecule has 0 saturated carbocycles. The van der Waals surface area contributed by atoms with Gasteiger partial charge in [-0.15, -0.1) is 0 Å². The van der Waals surface area contributed by atoms with Gasteiger partial charge in [0.2, 0.25) is 5.91 Å². The van der Waals surface area contributed by atoms with Gasteiger partial charge in [-0.2, -0.15) is 0 Å². The van der Waals surface area contributed by atoms with Crippen LogP contribution in [0, 0.1) is 0 Å². The molecule has 1 atom stereocenters. The van der Waals surface area contributed by atoms with Crippen LogP contribution in [-0.4, -0.2) is 30.0 Å². The van der Waals surface area contributed by atoms with E-state index in [-0.39, 0.29) is 5.91 Å². The van der Waals surface area contributed by atoms with Crippen LogP contribution < -0.4 is 10.6 Å². The lowest BCUT2D eigenvalue weighted by atomic mass is 10.1. The maximum absolute atomic E-state index is 11.9. The molecule has 1 amide bonds. The zero-order valence-electron chi connectivity index (χ0n) is 14.5. The van der Waals surface area contributed by atoms with E-state index in [1.807, 2.05) is 21.6 Å². The van der Waals surface area contributed by atoms with Gasteiger partial charge in [0.25, 0.3) is 0 Å². The highest BCUT2D eigenvalue weighted by molar-refractivity contribution is 8.77. The Labute approximate surface area is 158 Å².